The van der Waals surface area contributed by atoms with Crippen LogP contribution in [0.3, 0.4) is 0 Å². The summed E-state index contributed by atoms with van der Waals surface area (Å²) in [6.07, 6.45) is 0. The summed E-state index contributed by atoms with van der Waals surface area (Å²) in [4.78, 5) is 4.66. The Hall–Kier alpha value is -2.07. The highest BCUT2D eigenvalue weighted by molar-refractivity contribution is 5.49. The van der Waals surface area contributed by atoms with Crippen molar-refractivity contribution in [1.82, 2.24) is 4.90 Å². The Morgan fingerprint density at radius 3 is 2.27 bits per heavy atom. The maximum Gasteiger partial charge on any atom is 0.127 e. The molecule has 0 N–H and O–H groups in total. The van der Waals surface area contributed by atoms with E-state index >= 15 is 0 Å². The van der Waals surface area contributed by atoms with Crippen LogP contribution in [0, 0.1) is 5.82 Å². The first kappa shape index (κ1) is 14.9. The van der Waals surface area contributed by atoms with E-state index in [2.05, 4.69) is 21.9 Å². The molecule has 0 saturated carbocycles. The van der Waals surface area contributed by atoms with E-state index in [4.69, 9.17) is 4.74 Å². The maximum atomic E-state index is 13.7. The van der Waals surface area contributed by atoms with Crippen molar-refractivity contribution in [2.24, 2.45) is 0 Å². The van der Waals surface area contributed by atoms with Crippen LogP contribution in [-0.4, -0.2) is 38.2 Å². The summed E-state index contributed by atoms with van der Waals surface area (Å²) in [5.74, 6) is 0.766. The van der Waals surface area contributed by atoms with Crippen LogP contribution in [0.25, 0.3) is 0 Å². The third kappa shape index (κ3) is 3.39. The number of ether oxygens (including phenoxy) is 1. The molecule has 116 valence electrons. The molecular weight excluding hydrogens is 279 g/mol. The van der Waals surface area contributed by atoms with E-state index in [1.165, 1.54) is 11.8 Å². The van der Waals surface area contributed by atoms with Gasteiger partial charge in [-0.2, -0.15) is 0 Å². The fourth-order valence-electron chi connectivity index (χ4n) is 2.82. The van der Waals surface area contributed by atoms with Crippen LogP contribution in [0.4, 0.5) is 10.1 Å². The largest absolute Gasteiger partial charge is 0.497 e. The average Bonchev–Trinajstić information content (AvgIpc) is 2.58. The van der Waals surface area contributed by atoms with Crippen LogP contribution in [0.15, 0.2) is 48.5 Å². The van der Waals surface area contributed by atoms with Crippen LogP contribution in [0.1, 0.15) is 5.56 Å². The normalized spacial score (nSPS) is 15.8. The summed E-state index contributed by atoms with van der Waals surface area (Å²) in [5.41, 5.74) is 1.99. The minimum atomic E-state index is -0.111. The zero-order chi connectivity index (χ0) is 15.4. The number of benzene rings is 2. The quantitative estimate of drug-likeness (QED) is 0.862. The first-order chi connectivity index (χ1) is 10.8. The topological polar surface area (TPSA) is 15.7 Å². The molecule has 3 rings (SSSR count). The molecule has 2 aromatic carbocycles. The number of piperazine rings is 1. The summed E-state index contributed by atoms with van der Waals surface area (Å²) in [7, 11) is 1.68. The van der Waals surface area contributed by atoms with Gasteiger partial charge in [0, 0.05) is 44.0 Å². The molecular formula is C18H21FN2O. The predicted molar refractivity (Wildman–Crippen MR) is 86.9 cm³/mol. The SMILES string of the molecule is COc1ccc(N2CCN(Cc3ccccc3F)CC2)cc1. The number of nitrogens with zero attached hydrogens (tertiary/aromatic N) is 2. The van der Waals surface area contributed by atoms with E-state index in [9.17, 15) is 4.39 Å². The van der Waals surface area contributed by atoms with E-state index in [0.29, 0.717) is 6.54 Å². The highest BCUT2D eigenvalue weighted by Crippen LogP contribution is 2.21. The van der Waals surface area contributed by atoms with Gasteiger partial charge in [-0.15, -0.1) is 0 Å². The molecule has 0 aliphatic carbocycles. The molecule has 4 heteroatoms. The molecule has 1 aliphatic heterocycles. The third-order valence-electron chi connectivity index (χ3n) is 4.16. The molecule has 0 amide bonds. The second kappa shape index (κ2) is 6.79. The number of hydrogen-bond acceptors (Lipinski definition) is 3. The molecule has 22 heavy (non-hydrogen) atoms. The summed E-state index contributed by atoms with van der Waals surface area (Å²) in [6.45, 7) is 4.49. The van der Waals surface area contributed by atoms with Gasteiger partial charge in [-0.3, -0.25) is 4.90 Å². The molecule has 1 heterocycles. The number of halogens is 1. The van der Waals surface area contributed by atoms with E-state index in [1.54, 1.807) is 13.2 Å². The molecule has 1 aliphatic rings. The smallest absolute Gasteiger partial charge is 0.127 e. The van der Waals surface area contributed by atoms with Gasteiger partial charge in [0.1, 0.15) is 11.6 Å². The molecule has 0 aromatic heterocycles. The van der Waals surface area contributed by atoms with E-state index < -0.39 is 0 Å². The van der Waals surface area contributed by atoms with Crippen LogP contribution in [0.2, 0.25) is 0 Å². The summed E-state index contributed by atoms with van der Waals surface area (Å²) >= 11 is 0. The zero-order valence-electron chi connectivity index (χ0n) is 12.8. The highest BCUT2D eigenvalue weighted by Gasteiger charge is 2.18. The van der Waals surface area contributed by atoms with Crippen molar-refractivity contribution in [2.45, 2.75) is 6.54 Å². The molecule has 0 atom stereocenters. The van der Waals surface area contributed by atoms with E-state index in [0.717, 1.165) is 37.5 Å². The Morgan fingerprint density at radius 2 is 1.64 bits per heavy atom. The van der Waals surface area contributed by atoms with Crippen molar-refractivity contribution in [3.63, 3.8) is 0 Å². The van der Waals surface area contributed by atoms with Crippen molar-refractivity contribution >= 4 is 5.69 Å². The number of rotatable bonds is 4. The fraction of sp³-hybridized carbons (Fsp3) is 0.333. The summed E-state index contributed by atoms with van der Waals surface area (Å²) in [5, 5.41) is 0. The van der Waals surface area contributed by atoms with Gasteiger partial charge in [0.25, 0.3) is 0 Å². The third-order valence-corrected chi connectivity index (χ3v) is 4.16. The Labute approximate surface area is 130 Å². The van der Waals surface area contributed by atoms with Crippen molar-refractivity contribution in [2.75, 3.05) is 38.2 Å². The number of hydrogen-bond donors (Lipinski definition) is 0. The lowest BCUT2D eigenvalue weighted by Gasteiger charge is -2.36. The lowest BCUT2D eigenvalue weighted by Crippen LogP contribution is -2.46. The lowest BCUT2D eigenvalue weighted by molar-refractivity contribution is 0.246. The lowest BCUT2D eigenvalue weighted by atomic mass is 10.1. The number of methoxy groups -OCH3 is 1. The van der Waals surface area contributed by atoms with Gasteiger partial charge in [-0.25, -0.2) is 4.39 Å². The molecule has 0 radical (unpaired) electrons. The molecule has 0 bridgehead atoms. The Kier molecular flexibility index (Phi) is 4.59. The van der Waals surface area contributed by atoms with E-state index in [1.807, 2.05) is 24.3 Å². The Balaban J connectivity index is 1.57. The van der Waals surface area contributed by atoms with E-state index in [-0.39, 0.29) is 5.82 Å². The van der Waals surface area contributed by atoms with Crippen LogP contribution < -0.4 is 9.64 Å². The minimum Gasteiger partial charge on any atom is -0.497 e. The molecule has 0 spiro atoms. The van der Waals surface area contributed by atoms with Crippen LogP contribution in [0.5, 0.6) is 5.75 Å². The Morgan fingerprint density at radius 1 is 0.955 bits per heavy atom. The van der Waals surface area contributed by atoms with Gasteiger partial charge >= 0.3 is 0 Å². The highest BCUT2D eigenvalue weighted by atomic mass is 19.1. The second-order valence-electron chi connectivity index (χ2n) is 5.55. The zero-order valence-corrected chi connectivity index (χ0v) is 12.8. The van der Waals surface area contributed by atoms with Crippen LogP contribution in [-0.2, 0) is 6.54 Å². The number of anilines is 1. The van der Waals surface area contributed by atoms with Crippen molar-refractivity contribution in [1.29, 1.82) is 0 Å². The fourth-order valence-corrected chi connectivity index (χ4v) is 2.82. The van der Waals surface area contributed by atoms with Crippen molar-refractivity contribution < 1.29 is 9.13 Å². The van der Waals surface area contributed by atoms with Gasteiger partial charge in [-0.05, 0) is 30.3 Å². The predicted octanol–water partition coefficient (Wildman–Crippen LogP) is 3.16. The molecule has 2 aromatic rings. The first-order valence-electron chi connectivity index (χ1n) is 7.61. The average molecular weight is 300 g/mol. The second-order valence-corrected chi connectivity index (χ2v) is 5.55. The molecule has 3 nitrogen and oxygen atoms in total. The molecule has 0 unspecified atom stereocenters. The minimum absolute atomic E-state index is 0.111. The summed E-state index contributed by atoms with van der Waals surface area (Å²) < 4.78 is 18.9. The molecule has 1 saturated heterocycles. The monoisotopic (exact) mass is 300 g/mol. The Bertz CT molecular complexity index is 607. The van der Waals surface area contributed by atoms with Crippen LogP contribution >= 0.6 is 0 Å². The van der Waals surface area contributed by atoms with Gasteiger partial charge in [0.15, 0.2) is 0 Å². The standard InChI is InChI=1S/C18H21FN2O/c1-22-17-8-6-16(7-9-17)21-12-10-20(11-13-21)14-15-4-2-3-5-18(15)19/h2-9H,10-14H2,1H3. The van der Waals surface area contributed by atoms with Gasteiger partial charge in [0.2, 0.25) is 0 Å². The van der Waals surface area contributed by atoms with Gasteiger partial charge in [-0.1, -0.05) is 18.2 Å². The van der Waals surface area contributed by atoms with Crippen molar-refractivity contribution in [3.8, 4) is 5.75 Å². The summed E-state index contributed by atoms with van der Waals surface area (Å²) in [6, 6.07) is 15.2. The maximum absolute atomic E-state index is 13.7. The molecule has 1 fully saturated rings. The van der Waals surface area contributed by atoms with Gasteiger partial charge in [0.05, 0.1) is 7.11 Å². The van der Waals surface area contributed by atoms with Crippen molar-refractivity contribution in [3.05, 3.63) is 59.9 Å². The van der Waals surface area contributed by atoms with Gasteiger partial charge < -0.3 is 9.64 Å². The first-order valence-corrected chi connectivity index (χ1v) is 7.61.